The van der Waals surface area contributed by atoms with Crippen LogP contribution in [0, 0.1) is 5.92 Å². The molecule has 0 aromatic heterocycles. The van der Waals surface area contributed by atoms with Crippen LogP contribution in [0.5, 0.6) is 0 Å². The highest BCUT2D eigenvalue weighted by Crippen LogP contribution is 2.34. The lowest BCUT2D eigenvalue weighted by Crippen LogP contribution is -2.48. The molecule has 1 amide bonds. The van der Waals surface area contributed by atoms with Crippen molar-refractivity contribution in [1.29, 1.82) is 0 Å². The van der Waals surface area contributed by atoms with Gasteiger partial charge in [-0.15, -0.1) is 0 Å². The van der Waals surface area contributed by atoms with Gasteiger partial charge in [0.2, 0.25) is 5.91 Å². The molecule has 3 nitrogen and oxygen atoms in total. The third-order valence-corrected chi connectivity index (χ3v) is 4.69. The van der Waals surface area contributed by atoms with E-state index < -0.39 is 0 Å². The highest BCUT2D eigenvalue weighted by atomic mass is 16.2. The van der Waals surface area contributed by atoms with E-state index in [9.17, 15) is 4.79 Å². The lowest BCUT2D eigenvalue weighted by molar-refractivity contribution is -0.138. The molecular formula is C17H24N2O. The SMILES string of the molecule is CC1(C)CN(C(=O)C2CCNCC2)Cc2ccccc21. The van der Waals surface area contributed by atoms with Crippen LogP contribution in [-0.4, -0.2) is 30.4 Å². The van der Waals surface area contributed by atoms with Crippen LogP contribution >= 0.6 is 0 Å². The van der Waals surface area contributed by atoms with Gasteiger partial charge >= 0.3 is 0 Å². The smallest absolute Gasteiger partial charge is 0.226 e. The summed E-state index contributed by atoms with van der Waals surface area (Å²) in [5.74, 6) is 0.575. The Kier molecular flexibility index (Phi) is 3.55. The van der Waals surface area contributed by atoms with Crippen molar-refractivity contribution in [3.63, 3.8) is 0 Å². The van der Waals surface area contributed by atoms with Crippen LogP contribution in [0.1, 0.15) is 37.8 Å². The number of amides is 1. The van der Waals surface area contributed by atoms with Gasteiger partial charge in [0.1, 0.15) is 0 Å². The highest BCUT2D eigenvalue weighted by Gasteiger charge is 2.35. The van der Waals surface area contributed by atoms with Gasteiger partial charge in [0, 0.05) is 24.4 Å². The van der Waals surface area contributed by atoms with Gasteiger partial charge in [0.15, 0.2) is 0 Å². The monoisotopic (exact) mass is 272 g/mol. The minimum Gasteiger partial charge on any atom is -0.337 e. The van der Waals surface area contributed by atoms with Crippen LogP contribution in [-0.2, 0) is 16.8 Å². The Morgan fingerprint density at radius 3 is 2.70 bits per heavy atom. The van der Waals surface area contributed by atoms with Crippen molar-refractivity contribution in [3.8, 4) is 0 Å². The normalized spacial score (nSPS) is 22.4. The maximum Gasteiger partial charge on any atom is 0.226 e. The van der Waals surface area contributed by atoms with Gasteiger partial charge in [-0.3, -0.25) is 4.79 Å². The fourth-order valence-electron chi connectivity index (χ4n) is 3.63. The van der Waals surface area contributed by atoms with E-state index in [4.69, 9.17) is 0 Å². The van der Waals surface area contributed by atoms with Crippen LogP contribution in [0.25, 0.3) is 0 Å². The molecule has 1 saturated heterocycles. The zero-order valence-electron chi connectivity index (χ0n) is 12.5. The number of rotatable bonds is 1. The predicted octanol–water partition coefficient (Wildman–Crippen LogP) is 2.31. The molecule has 20 heavy (non-hydrogen) atoms. The number of nitrogens with one attached hydrogen (secondary N) is 1. The van der Waals surface area contributed by atoms with Gasteiger partial charge in [-0.2, -0.15) is 0 Å². The summed E-state index contributed by atoms with van der Waals surface area (Å²) in [5, 5.41) is 3.33. The first kappa shape index (κ1) is 13.6. The summed E-state index contributed by atoms with van der Waals surface area (Å²) in [6.45, 7) is 8.06. The first-order valence-electron chi connectivity index (χ1n) is 7.66. The van der Waals surface area contributed by atoms with E-state index in [2.05, 4.69) is 48.3 Å². The van der Waals surface area contributed by atoms with E-state index >= 15 is 0 Å². The number of fused-ring (bicyclic) bond motifs is 1. The van der Waals surface area contributed by atoms with Crippen LogP contribution in [0.2, 0.25) is 0 Å². The van der Waals surface area contributed by atoms with E-state index in [1.165, 1.54) is 11.1 Å². The Hall–Kier alpha value is -1.35. The lowest BCUT2D eigenvalue weighted by atomic mass is 9.78. The molecular weight excluding hydrogens is 248 g/mol. The second-order valence-corrected chi connectivity index (χ2v) is 6.76. The summed E-state index contributed by atoms with van der Waals surface area (Å²) in [5.41, 5.74) is 2.76. The number of carbonyl (C=O) groups excluding carboxylic acids is 1. The fraction of sp³-hybridized carbons (Fsp3) is 0.588. The van der Waals surface area contributed by atoms with Crippen molar-refractivity contribution >= 4 is 5.91 Å². The number of carbonyl (C=O) groups is 1. The largest absolute Gasteiger partial charge is 0.337 e. The predicted molar refractivity (Wildman–Crippen MR) is 80.5 cm³/mol. The average molecular weight is 272 g/mol. The molecule has 0 bridgehead atoms. The quantitative estimate of drug-likeness (QED) is 0.851. The minimum absolute atomic E-state index is 0.0530. The molecule has 108 valence electrons. The standard InChI is InChI=1S/C17H24N2O/c1-17(2)12-19(11-14-5-3-4-6-15(14)17)16(20)13-7-9-18-10-8-13/h3-6,13,18H,7-12H2,1-2H3. The summed E-state index contributed by atoms with van der Waals surface area (Å²) >= 11 is 0. The van der Waals surface area contributed by atoms with Crippen molar-refractivity contribution in [2.24, 2.45) is 5.92 Å². The lowest BCUT2D eigenvalue weighted by Gasteiger charge is -2.41. The Morgan fingerprint density at radius 2 is 1.95 bits per heavy atom. The summed E-state index contributed by atoms with van der Waals surface area (Å²) in [4.78, 5) is 14.8. The van der Waals surface area contributed by atoms with Gasteiger partial charge in [-0.25, -0.2) is 0 Å². The van der Waals surface area contributed by atoms with Gasteiger partial charge < -0.3 is 10.2 Å². The molecule has 2 aliphatic rings. The van der Waals surface area contributed by atoms with E-state index in [1.807, 2.05) is 0 Å². The molecule has 1 aromatic rings. The van der Waals surface area contributed by atoms with Crippen molar-refractivity contribution in [3.05, 3.63) is 35.4 Å². The number of hydrogen-bond donors (Lipinski definition) is 1. The minimum atomic E-state index is 0.0530. The van der Waals surface area contributed by atoms with E-state index in [0.29, 0.717) is 5.91 Å². The van der Waals surface area contributed by atoms with Crippen LogP contribution in [0.3, 0.4) is 0 Å². The zero-order chi connectivity index (χ0) is 14.2. The zero-order valence-corrected chi connectivity index (χ0v) is 12.5. The Balaban J connectivity index is 1.81. The van der Waals surface area contributed by atoms with E-state index in [0.717, 1.165) is 39.0 Å². The summed E-state index contributed by atoms with van der Waals surface area (Å²) in [7, 11) is 0. The first-order valence-corrected chi connectivity index (χ1v) is 7.66. The highest BCUT2D eigenvalue weighted by molar-refractivity contribution is 5.79. The Labute approximate surface area is 121 Å². The molecule has 0 saturated carbocycles. The second kappa shape index (κ2) is 5.21. The molecule has 3 rings (SSSR count). The molecule has 0 spiro atoms. The van der Waals surface area contributed by atoms with Gasteiger partial charge in [0.25, 0.3) is 0 Å². The fourth-order valence-corrected chi connectivity index (χ4v) is 3.63. The number of hydrogen-bond acceptors (Lipinski definition) is 2. The molecule has 1 N–H and O–H groups in total. The summed E-state index contributed by atoms with van der Waals surface area (Å²) < 4.78 is 0. The van der Waals surface area contributed by atoms with Crippen molar-refractivity contribution in [1.82, 2.24) is 10.2 Å². The first-order chi connectivity index (χ1) is 9.58. The van der Waals surface area contributed by atoms with Crippen LogP contribution in [0.4, 0.5) is 0 Å². The number of benzene rings is 1. The second-order valence-electron chi connectivity index (χ2n) is 6.76. The van der Waals surface area contributed by atoms with E-state index in [-0.39, 0.29) is 11.3 Å². The van der Waals surface area contributed by atoms with Crippen molar-refractivity contribution in [2.75, 3.05) is 19.6 Å². The molecule has 2 aliphatic heterocycles. The number of piperidine rings is 1. The van der Waals surface area contributed by atoms with Gasteiger partial charge in [-0.05, 0) is 37.1 Å². The maximum absolute atomic E-state index is 12.7. The van der Waals surface area contributed by atoms with E-state index in [1.54, 1.807) is 0 Å². The topological polar surface area (TPSA) is 32.3 Å². The molecule has 3 heteroatoms. The molecule has 2 heterocycles. The van der Waals surface area contributed by atoms with Crippen LogP contribution in [0.15, 0.2) is 24.3 Å². The third-order valence-electron chi connectivity index (χ3n) is 4.69. The van der Waals surface area contributed by atoms with Crippen molar-refractivity contribution in [2.45, 2.75) is 38.6 Å². The summed E-state index contributed by atoms with van der Waals surface area (Å²) in [6.07, 6.45) is 1.97. The molecule has 0 unspecified atom stereocenters. The van der Waals surface area contributed by atoms with Gasteiger partial charge in [0.05, 0.1) is 0 Å². The maximum atomic E-state index is 12.7. The Bertz CT molecular complexity index is 503. The molecule has 0 radical (unpaired) electrons. The molecule has 0 aliphatic carbocycles. The average Bonchev–Trinajstić information content (AvgIpc) is 2.47. The number of nitrogens with zero attached hydrogens (tertiary/aromatic N) is 1. The Morgan fingerprint density at radius 1 is 1.25 bits per heavy atom. The third kappa shape index (κ3) is 2.47. The van der Waals surface area contributed by atoms with Crippen LogP contribution < -0.4 is 5.32 Å². The molecule has 0 atom stereocenters. The molecule has 1 aromatic carbocycles. The molecule has 1 fully saturated rings. The summed E-state index contributed by atoms with van der Waals surface area (Å²) in [6, 6.07) is 8.55. The van der Waals surface area contributed by atoms with Crippen molar-refractivity contribution < 1.29 is 4.79 Å². The van der Waals surface area contributed by atoms with Gasteiger partial charge in [-0.1, -0.05) is 38.1 Å².